The van der Waals surface area contributed by atoms with Gasteiger partial charge in [-0.05, 0) is 0 Å². The Hall–Kier alpha value is -2.69. The molecule has 0 bridgehead atoms. The lowest BCUT2D eigenvalue weighted by Crippen LogP contribution is -2.65. The first kappa shape index (κ1) is 25.3. The van der Waals surface area contributed by atoms with Gasteiger partial charge < -0.3 is 29.0 Å². The van der Waals surface area contributed by atoms with E-state index < -0.39 is 59.9 Å². The Kier molecular flexibility index (Phi) is 10.2. The quantitative estimate of drug-likeness (QED) is 0.381. The fourth-order valence-corrected chi connectivity index (χ4v) is 3.31. The van der Waals surface area contributed by atoms with Crippen LogP contribution in [0.2, 0.25) is 0 Å². The number of hydrogen-bond donors (Lipinski definition) is 1. The third-order valence-electron chi connectivity index (χ3n) is 4.51. The molecule has 0 radical (unpaired) electrons. The zero-order chi connectivity index (χ0) is 22.8. The highest BCUT2D eigenvalue weighted by Crippen LogP contribution is 2.31. The van der Waals surface area contributed by atoms with Crippen molar-refractivity contribution in [3.63, 3.8) is 0 Å². The molecular formula is C19H29NO10. The van der Waals surface area contributed by atoms with E-state index in [1.165, 1.54) is 34.6 Å². The number of nitrogens with one attached hydrogen (secondary N) is 1. The first-order valence-electron chi connectivity index (χ1n) is 9.48. The van der Waals surface area contributed by atoms with E-state index in [2.05, 4.69) is 5.32 Å². The van der Waals surface area contributed by atoms with Gasteiger partial charge in [-0.25, -0.2) is 0 Å². The largest absolute Gasteiger partial charge is 0.465 e. The Balaban J connectivity index is 3.25. The second-order valence-corrected chi connectivity index (χ2v) is 6.99. The van der Waals surface area contributed by atoms with Gasteiger partial charge in [-0.2, -0.15) is 0 Å². The second kappa shape index (κ2) is 12.1. The molecule has 170 valence electrons. The molecule has 11 nitrogen and oxygen atoms in total. The fourth-order valence-electron chi connectivity index (χ4n) is 3.31. The Bertz CT molecular complexity index is 649. The molecule has 1 N–H and O–H groups in total. The predicted molar refractivity (Wildman–Crippen MR) is 99.8 cm³/mol. The number of carbonyl (C=O) groups is 5. The molecule has 1 saturated heterocycles. The van der Waals surface area contributed by atoms with Crippen molar-refractivity contribution in [1.29, 1.82) is 0 Å². The molecule has 1 aliphatic rings. The van der Waals surface area contributed by atoms with Crippen LogP contribution in [0.15, 0.2) is 0 Å². The molecule has 1 fully saturated rings. The van der Waals surface area contributed by atoms with Crippen LogP contribution < -0.4 is 5.32 Å². The Labute approximate surface area is 174 Å². The molecule has 0 saturated carbocycles. The summed E-state index contributed by atoms with van der Waals surface area (Å²) in [5.74, 6) is -3.88. The average Bonchev–Trinajstić information content (AvgIpc) is 2.62. The summed E-state index contributed by atoms with van der Waals surface area (Å²) < 4.78 is 26.0. The topological polar surface area (TPSA) is 144 Å². The molecule has 0 aromatic carbocycles. The highest BCUT2D eigenvalue weighted by molar-refractivity contribution is 5.67. The van der Waals surface area contributed by atoms with Gasteiger partial charge in [0.1, 0.15) is 19.3 Å². The third kappa shape index (κ3) is 8.76. The van der Waals surface area contributed by atoms with Gasteiger partial charge in [-0.1, -0.05) is 0 Å². The molecular weight excluding hydrogens is 402 g/mol. The molecule has 11 heteroatoms. The van der Waals surface area contributed by atoms with Gasteiger partial charge in [-0.3, -0.25) is 24.0 Å². The molecule has 0 aromatic rings. The molecule has 30 heavy (non-hydrogen) atoms. The van der Waals surface area contributed by atoms with Crippen LogP contribution in [-0.4, -0.2) is 74.5 Å². The van der Waals surface area contributed by atoms with Crippen molar-refractivity contribution in [1.82, 2.24) is 5.32 Å². The van der Waals surface area contributed by atoms with E-state index in [9.17, 15) is 24.0 Å². The summed E-state index contributed by atoms with van der Waals surface area (Å²) in [6.45, 7) is 5.71. The Morgan fingerprint density at radius 2 is 0.967 bits per heavy atom. The van der Waals surface area contributed by atoms with Crippen LogP contribution in [0.25, 0.3) is 0 Å². The first-order chi connectivity index (χ1) is 14.0. The number of esters is 5. The van der Waals surface area contributed by atoms with Crippen molar-refractivity contribution < 1.29 is 47.7 Å². The molecule has 0 aliphatic carbocycles. The number of hydrogen-bond acceptors (Lipinski definition) is 11. The summed E-state index contributed by atoms with van der Waals surface area (Å²) in [4.78, 5) is 57.1. The van der Waals surface area contributed by atoms with Crippen LogP contribution in [-0.2, 0) is 47.7 Å². The predicted octanol–water partition coefficient (Wildman–Crippen LogP) is -0.257. The number of piperidine rings is 1. The molecule has 1 rings (SSSR count). The number of carbonyl (C=O) groups excluding carboxylic acids is 5. The van der Waals surface area contributed by atoms with Crippen molar-refractivity contribution >= 4 is 29.8 Å². The van der Waals surface area contributed by atoms with Crippen molar-refractivity contribution in [2.75, 3.05) is 26.4 Å². The summed E-state index contributed by atoms with van der Waals surface area (Å²) in [6, 6.07) is -1.23. The number of rotatable bonds is 9. The maximum atomic E-state index is 11.7. The molecule has 5 atom stereocenters. The van der Waals surface area contributed by atoms with Gasteiger partial charge in [0, 0.05) is 52.5 Å². The van der Waals surface area contributed by atoms with Crippen LogP contribution in [0.3, 0.4) is 0 Å². The molecule has 0 unspecified atom stereocenters. The smallest absolute Gasteiger partial charge is 0.302 e. The maximum absolute atomic E-state index is 11.7. The summed E-state index contributed by atoms with van der Waals surface area (Å²) in [5.41, 5.74) is 0. The normalized spacial score (nSPS) is 25.6. The van der Waals surface area contributed by atoms with E-state index >= 15 is 0 Å². The lowest BCUT2D eigenvalue weighted by molar-refractivity contribution is -0.172. The standard InChI is InChI=1S/C19H29NO10/c1-10(21)26-6-15-16(7-27-11(2)22)19(30-14(5)25)18(9-29-13(4)24)20-17(15)8-28-12(3)23/h15-20H,6-9H2,1-5H3/t15-,16+,17-,18+,19+/m0/s1. The van der Waals surface area contributed by atoms with Crippen molar-refractivity contribution in [2.24, 2.45) is 11.8 Å². The SMILES string of the molecule is CC(=O)OC[C@@H]1[C@H](COC(C)=O)[C@H](COC(C)=O)N[C@H](COC(C)=O)[C@@H]1OC(C)=O. The second-order valence-electron chi connectivity index (χ2n) is 6.99. The highest BCUT2D eigenvalue weighted by atomic mass is 16.6. The van der Waals surface area contributed by atoms with Crippen LogP contribution in [0.5, 0.6) is 0 Å². The zero-order valence-electron chi connectivity index (χ0n) is 17.8. The molecule has 1 heterocycles. The summed E-state index contributed by atoms with van der Waals surface area (Å²) >= 11 is 0. The Morgan fingerprint density at radius 1 is 0.567 bits per heavy atom. The van der Waals surface area contributed by atoms with Gasteiger partial charge in [0.25, 0.3) is 0 Å². The van der Waals surface area contributed by atoms with E-state index in [0.29, 0.717) is 0 Å². The zero-order valence-corrected chi connectivity index (χ0v) is 17.8. The highest BCUT2D eigenvalue weighted by Gasteiger charge is 2.48. The molecule has 0 amide bonds. The van der Waals surface area contributed by atoms with Gasteiger partial charge in [-0.15, -0.1) is 0 Å². The van der Waals surface area contributed by atoms with Crippen molar-refractivity contribution in [2.45, 2.75) is 52.8 Å². The van der Waals surface area contributed by atoms with Crippen LogP contribution >= 0.6 is 0 Å². The maximum Gasteiger partial charge on any atom is 0.302 e. The van der Waals surface area contributed by atoms with Gasteiger partial charge in [0.2, 0.25) is 0 Å². The lowest BCUT2D eigenvalue weighted by Gasteiger charge is -2.46. The minimum Gasteiger partial charge on any atom is -0.465 e. The molecule has 0 aromatic heterocycles. The van der Waals surface area contributed by atoms with Crippen LogP contribution in [0.4, 0.5) is 0 Å². The Morgan fingerprint density at radius 3 is 1.40 bits per heavy atom. The van der Waals surface area contributed by atoms with Gasteiger partial charge >= 0.3 is 29.8 Å². The van der Waals surface area contributed by atoms with E-state index in [1.54, 1.807) is 0 Å². The van der Waals surface area contributed by atoms with Gasteiger partial charge in [0.15, 0.2) is 0 Å². The molecule has 1 aliphatic heterocycles. The van der Waals surface area contributed by atoms with Crippen molar-refractivity contribution in [3.05, 3.63) is 0 Å². The van der Waals surface area contributed by atoms with E-state index in [-0.39, 0.29) is 26.4 Å². The average molecular weight is 431 g/mol. The van der Waals surface area contributed by atoms with E-state index in [4.69, 9.17) is 23.7 Å². The van der Waals surface area contributed by atoms with E-state index in [1.807, 2.05) is 0 Å². The van der Waals surface area contributed by atoms with Gasteiger partial charge in [0.05, 0.1) is 19.3 Å². The fraction of sp³-hybridized carbons (Fsp3) is 0.737. The minimum atomic E-state index is -0.865. The summed E-state index contributed by atoms with van der Waals surface area (Å²) in [7, 11) is 0. The monoisotopic (exact) mass is 431 g/mol. The molecule has 0 spiro atoms. The van der Waals surface area contributed by atoms with Crippen molar-refractivity contribution in [3.8, 4) is 0 Å². The van der Waals surface area contributed by atoms with Crippen LogP contribution in [0, 0.1) is 11.8 Å². The third-order valence-corrected chi connectivity index (χ3v) is 4.51. The van der Waals surface area contributed by atoms with E-state index in [0.717, 1.165) is 0 Å². The number of ether oxygens (including phenoxy) is 5. The minimum absolute atomic E-state index is 0.0821. The van der Waals surface area contributed by atoms with Crippen LogP contribution in [0.1, 0.15) is 34.6 Å². The summed E-state index contributed by atoms with van der Waals surface area (Å²) in [6.07, 6.45) is -0.865. The first-order valence-corrected chi connectivity index (χ1v) is 9.48. The lowest BCUT2D eigenvalue weighted by atomic mass is 9.76. The summed E-state index contributed by atoms with van der Waals surface area (Å²) in [5, 5.41) is 3.15.